The van der Waals surface area contributed by atoms with Crippen LogP contribution < -0.4 is 4.90 Å². The Morgan fingerprint density at radius 3 is 2.54 bits per heavy atom. The third kappa shape index (κ3) is 4.46. The predicted molar refractivity (Wildman–Crippen MR) is 93.0 cm³/mol. The second-order valence-electron chi connectivity index (χ2n) is 6.65. The largest absolute Gasteiger partial charge is 0.459 e. The predicted octanol–water partition coefficient (Wildman–Crippen LogP) is 2.34. The average Bonchev–Trinajstić information content (AvgIpc) is 2.79. The highest BCUT2D eigenvalue weighted by atomic mass is 16.5. The number of hydrogen-bond donors (Lipinski definition) is 0. The maximum atomic E-state index is 12.3. The van der Waals surface area contributed by atoms with Gasteiger partial charge in [-0.05, 0) is 32.4 Å². The van der Waals surface area contributed by atoms with E-state index in [9.17, 15) is 9.59 Å². The van der Waals surface area contributed by atoms with Gasteiger partial charge in [0.2, 0.25) is 5.91 Å². The van der Waals surface area contributed by atoms with E-state index in [0.29, 0.717) is 24.5 Å². The zero-order valence-corrected chi connectivity index (χ0v) is 15.0. The highest BCUT2D eigenvalue weighted by Crippen LogP contribution is 2.21. The van der Waals surface area contributed by atoms with Crippen LogP contribution in [-0.2, 0) is 9.53 Å². The Labute approximate surface area is 143 Å². The molecule has 2 rings (SSSR count). The first-order valence-electron chi connectivity index (χ1n) is 8.60. The second-order valence-corrected chi connectivity index (χ2v) is 6.65. The van der Waals surface area contributed by atoms with Crippen molar-refractivity contribution in [2.75, 3.05) is 31.1 Å². The van der Waals surface area contributed by atoms with Crippen LogP contribution in [0.15, 0.2) is 18.3 Å². The summed E-state index contributed by atoms with van der Waals surface area (Å²) in [6.45, 7) is 10.3. The minimum Gasteiger partial charge on any atom is -0.459 e. The van der Waals surface area contributed by atoms with Crippen LogP contribution >= 0.6 is 0 Å². The maximum Gasteiger partial charge on any atom is 0.342 e. The number of rotatable bonds is 4. The molecule has 1 aliphatic rings. The summed E-state index contributed by atoms with van der Waals surface area (Å²) >= 11 is 0. The third-order valence-corrected chi connectivity index (χ3v) is 3.95. The molecule has 0 unspecified atom stereocenters. The molecule has 0 saturated carbocycles. The van der Waals surface area contributed by atoms with Crippen molar-refractivity contribution in [2.45, 2.75) is 40.2 Å². The second kappa shape index (κ2) is 8.13. The third-order valence-electron chi connectivity index (χ3n) is 3.95. The number of ether oxygens (including phenoxy) is 1. The lowest BCUT2D eigenvalue weighted by Crippen LogP contribution is -2.38. The molecule has 1 aliphatic heterocycles. The van der Waals surface area contributed by atoms with Gasteiger partial charge in [0.1, 0.15) is 11.4 Å². The Balaban J connectivity index is 2.15. The smallest absolute Gasteiger partial charge is 0.342 e. The molecular formula is C18H27N3O3. The zero-order chi connectivity index (χ0) is 17.7. The van der Waals surface area contributed by atoms with E-state index in [2.05, 4.69) is 9.88 Å². The number of nitrogens with zero attached hydrogens (tertiary/aromatic N) is 3. The van der Waals surface area contributed by atoms with E-state index in [-0.39, 0.29) is 23.9 Å². The van der Waals surface area contributed by atoms with Gasteiger partial charge in [0.05, 0.1) is 6.10 Å². The van der Waals surface area contributed by atoms with Crippen LogP contribution in [0.25, 0.3) is 0 Å². The highest BCUT2D eigenvalue weighted by molar-refractivity contribution is 5.94. The van der Waals surface area contributed by atoms with Gasteiger partial charge in [-0.3, -0.25) is 4.79 Å². The van der Waals surface area contributed by atoms with Crippen LogP contribution in [0.4, 0.5) is 5.82 Å². The Hall–Kier alpha value is -2.11. The number of aromatic nitrogens is 1. The Bertz CT molecular complexity index is 587. The lowest BCUT2D eigenvalue weighted by Gasteiger charge is -2.25. The van der Waals surface area contributed by atoms with Crippen molar-refractivity contribution in [3.05, 3.63) is 23.9 Å². The quantitative estimate of drug-likeness (QED) is 0.792. The average molecular weight is 333 g/mol. The molecule has 24 heavy (non-hydrogen) atoms. The lowest BCUT2D eigenvalue weighted by molar-refractivity contribution is -0.134. The van der Waals surface area contributed by atoms with Gasteiger partial charge in [0, 0.05) is 38.3 Å². The van der Waals surface area contributed by atoms with Crippen molar-refractivity contribution in [2.24, 2.45) is 5.92 Å². The molecule has 1 saturated heterocycles. The number of anilines is 1. The molecule has 6 heteroatoms. The topological polar surface area (TPSA) is 62.7 Å². The minimum absolute atomic E-state index is 0.00276. The number of pyridine rings is 1. The van der Waals surface area contributed by atoms with Gasteiger partial charge in [-0.15, -0.1) is 0 Å². The molecular weight excluding hydrogens is 306 g/mol. The fourth-order valence-corrected chi connectivity index (χ4v) is 2.80. The Morgan fingerprint density at radius 1 is 1.12 bits per heavy atom. The summed E-state index contributed by atoms with van der Waals surface area (Å²) in [5, 5.41) is 0. The van der Waals surface area contributed by atoms with Gasteiger partial charge in [-0.25, -0.2) is 9.78 Å². The fraction of sp³-hybridized carbons (Fsp3) is 0.611. The van der Waals surface area contributed by atoms with Crippen LogP contribution in [0.3, 0.4) is 0 Å². The summed E-state index contributed by atoms with van der Waals surface area (Å²) in [4.78, 5) is 32.9. The van der Waals surface area contributed by atoms with Crippen molar-refractivity contribution in [1.82, 2.24) is 9.88 Å². The lowest BCUT2D eigenvalue weighted by atomic mass is 10.2. The highest BCUT2D eigenvalue weighted by Gasteiger charge is 2.24. The molecule has 0 atom stereocenters. The van der Waals surface area contributed by atoms with Crippen molar-refractivity contribution >= 4 is 17.7 Å². The normalized spacial score (nSPS) is 15.6. The molecule has 6 nitrogen and oxygen atoms in total. The van der Waals surface area contributed by atoms with Crippen molar-refractivity contribution in [1.29, 1.82) is 0 Å². The van der Waals surface area contributed by atoms with E-state index in [4.69, 9.17) is 4.74 Å². The van der Waals surface area contributed by atoms with Gasteiger partial charge in [-0.1, -0.05) is 13.8 Å². The first-order chi connectivity index (χ1) is 11.4. The van der Waals surface area contributed by atoms with Gasteiger partial charge in [-0.2, -0.15) is 0 Å². The van der Waals surface area contributed by atoms with Gasteiger partial charge in [0.25, 0.3) is 0 Å². The van der Waals surface area contributed by atoms with Crippen LogP contribution in [0.2, 0.25) is 0 Å². The number of hydrogen-bond acceptors (Lipinski definition) is 5. The van der Waals surface area contributed by atoms with E-state index < -0.39 is 0 Å². The van der Waals surface area contributed by atoms with E-state index in [1.807, 2.05) is 32.6 Å². The summed E-state index contributed by atoms with van der Waals surface area (Å²) in [6.07, 6.45) is 2.37. The molecule has 0 radical (unpaired) electrons. The molecule has 0 N–H and O–H groups in total. The monoisotopic (exact) mass is 333 g/mol. The summed E-state index contributed by atoms with van der Waals surface area (Å²) in [5.41, 5.74) is 0.481. The number of amides is 1. The molecule has 1 aromatic rings. The van der Waals surface area contributed by atoms with Gasteiger partial charge in [0.15, 0.2) is 0 Å². The van der Waals surface area contributed by atoms with Crippen molar-refractivity contribution in [3.63, 3.8) is 0 Å². The Morgan fingerprint density at radius 2 is 1.88 bits per heavy atom. The molecule has 132 valence electrons. The molecule has 0 spiro atoms. The summed E-state index contributed by atoms with van der Waals surface area (Å²) < 4.78 is 5.32. The molecule has 1 amide bonds. The van der Waals surface area contributed by atoms with E-state index in [0.717, 1.165) is 19.5 Å². The number of esters is 1. The fourth-order valence-electron chi connectivity index (χ4n) is 2.80. The summed E-state index contributed by atoms with van der Waals surface area (Å²) in [7, 11) is 0. The van der Waals surface area contributed by atoms with Crippen molar-refractivity contribution in [3.8, 4) is 0 Å². The van der Waals surface area contributed by atoms with Crippen LogP contribution in [0, 0.1) is 5.92 Å². The molecule has 0 bridgehead atoms. The van der Waals surface area contributed by atoms with E-state index in [1.54, 1.807) is 18.3 Å². The maximum absolute atomic E-state index is 12.3. The van der Waals surface area contributed by atoms with Crippen molar-refractivity contribution < 1.29 is 14.3 Å². The molecule has 0 aliphatic carbocycles. The zero-order valence-electron chi connectivity index (χ0n) is 15.0. The van der Waals surface area contributed by atoms with Crippen LogP contribution in [0.5, 0.6) is 0 Å². The van der Waals surface area contributed by atoms with Gasteiger partial charge < -0.3 is 14.5 Å². The molecule has 0 aromatic carbocycles. The van der Waals surface area contributed by atoms with Crippen LogP contribution in [0.1, 0.15) is 44.5 Å². The minimum atomic E-state index is -0.354. The van der Waals surface area contributed by atoms with Crippen LogP contribution in [-0.4, -0.2) is 54.0 Å². The van der Waals surface area contributed by atoms with E-state index in [1.165, 1.54) is 0 Å². The molecule has 1 fully saturated rings. The molecule has 2 heterocycles. The standard InChI is InChI=1S/C18H27N3O3/c1-13(2)17(22)21-10-6-9-20(11-12-21)16-15(7-5-8-19-16)18(23)24-14(3)4/h5,7-8,13-14H,6,9-12H2,1-4H3. The summed E-state index contributed by atoms with van der Waals surface area (Å²) in [5.74, 6) is 0.467. The van der Waals surface area contributed by atoms with E-state index >= 15 is 0 Å². The SMILES string of the molecule is CC(C)OC(=O)c1cccnc1N1CCCN(C(=O)C(C)C)CC1. The molecule has 1 aromatic heterocycles. The number of carbonyl (C=O) groups is 2. The first kappa shape index (κ1) is 18.2. The Kier molecular flexibility index (Phi) is 6.17. The summed E-state index contributed by atoms with van der Waals surface area (Å²) in [6, 6.07) is 3.49. The number of carbonyl (C=O) groups excluding carboxylic acids is 2. The first-order valence-corrected chi connectivity index (χ1v) is 8.60. The van der Waals surface area contributed by atoms with Gasteiger partial charge >= 0.3 is 5.97 Å².